The zero-order chi connectivity index (χ0) is 11.4. The second kappa shape index (κ2) is 4.54. The molecule has 0 spiro atoms. The molecule has 1 atom stereocenters. The second-order valence-corrected chi connectivity index (χ2v) is 3.43. The van der Waals surface area contributed by atoms with Gasteiger partial charge in [0.15, 0.2) is 0 Å². The summed E-state index contributed by atoms with van der Waals surface area (Å²) in [5.41, 5.74) is 8.20. The van der Waals surface area contributed by atoms with Crippen LogP contribution in [0.2, 0.25) is 0 Å². The van der Waals surface area contributed by atoms with E-state index in [2.05, 4.69) is 25.0 Å². The van der Waals surface area contributed by atoms with Gasteiger partial charge in [-0.05, 0) is 11.4 Å². The van der Waals surface area contributed by atoms with Gasteiger partial charge in [0, 0.05) is 24.4 Å². The Kier molecular flexibility index (Phi) is 2.93. The Morgan fingerprint density at radius 2 is 2.31 bits per heavy atom. The zero-order valence-electron chi connectivity index (χ0n) is 8.39. The van der Waals surface area contributed by atoms with E-state index in [9.17, 15) is 4.79 Å². The van der Waals surface area contributed by atoms with Crippen molar-refractivity contribution in [2.45, 2.75) is 6.42 Å². The van der Waals surface area contributed by atoms with Gasteiger partial charge in [0.2, 0.25) is 11.9 Å². The van der Waals surface area contributed by atoms with E-state index >= 15 is 0 Å². The first-order valence-electron chi connectivity index (χ1n) is 4.74. The fraction of sp³-hybridized carbons (Fsp3) is 0.500. The van der Waals surface area contributed by atoms with Crippen LogP contribution in [0.1, 0.15) is 6.42 Å². The van der Waals surface area contributed by atoms with Gasteiger partial charge in [-0.25, -0.2) is 15.0 Å². The van der Waals surface area contributed by atoms with Crippen molar-refractivity contribution in [3.8, 4) is 0 Å². The van der Waals surface area contributed by atoms with E-state index in [-0.39, 0.29) is 11.8 Å². The van der Waals surface area contributed by atoms with Gasteiger partial charge in [-0.3, -0.25) is 9.69 Å². The first-order chi connectivity index (χ1) is 7.81. The molecule has 1 aromatic rings. The molecule has 1 aliphatic rings. The molecule has 82 valence electrons. The van der Waals surface area contributed by atoms with E-state index in [1.165, 1.54) is 17.6 Å². The van der Waals surface area contributed by atoms with Gasteiger partial charge in [-0.15, -0.1) is 0 Å². The number of hydrogen-bond acceptors (Lipinski definition) is 5. The number of azide groups is 1. The highest BCUT2D eigenvalue weighted by Crippen LogP contribution is 2.21. The van der Waals surface area contributed by atoms with Crippen LogP contribution >= 0.6 is 0 Å². The Morgan fingerprint density at radius 3 is 3.00 bits per heavy atom. The highest BCUT2D eigenvalue weighted by Gasteiger charge is 2.31. The van der Waals surface area contributed by atoms with Crippen molar-refractivity contribution >= 4 is 11.9 Å². The average molecular weight is 219 g/mol. The minimum atomic E-state index is -0.0515. The van der Waals surface area contributed by atoms with Crippen molar-refractivity contribution in [3.63, 3.8) is 0 Å². The molecule has 1 saturated heterocycles. The van der Waals surface area contributed by atoms with E-state index in [1.807, 2.05) is 0 Å². The fourth-order valence-corrected chi connectivity index (χ4v) is 1.62. The molecule has 2 heterocycles. The summed E-state index contributed by atoms with van der Waals surface area (Å²) < 4.78 is 0. The fourth-order valence-electron chi connectivity index (χ4n) is 1.62. The molecule has 1 unspecified atom stereocenters. The van der Waals surface area contributed by atoms with Crippen molar-refractivity contribution in [1.29, 1.82) is 0 Å². The maximum Gasteiger partial charge on any atom is 0.235 e. The van der Waals surface area contributed by atoms with Gasteiger partial charge in [0.05, 0.1) is 0 Å². The largest absolute Gasteiger partial charge is 0.280 e. The number of hydrogen-bond donors (Lipinski definition) is 0. The Morgan fingerprint density at radius 1 is 1.56 bits per heavy atom. The number of nitrogens with zero attached hydrogens (tertiary/aromatic N) is 7. The van der Waals surface area contributed by atoms with E-state index < -0.39 is 0 Å². The van der Waals surface area contributed by atoms with E-state index in [0.29, 0.717) is 25.5 Å². The predicted molar refractivity (Wildman–Crippen MR) is 54.3 cm³/mol. The monoisotopic (exact) mass is 219 g/mol. The molecule has 1 aromatic heterocycles. The van der Waals surface area contributed by atoms with Crippen LogP contribution in [-0.4, -0.2) is 33.9 Å². The van der Waals surface area contributed by atoms with Gasteiger partial charge in [-0.2, -0.15) is 0 Å². The molecular weight excluding hydrogens is 210 g/mol. The van der Waals surface area contributed by atoms with Gasteiger partial charge in [-0.1, -0.05) is 5.11 Å². The number of carbonyl (C=O) groups is 1. The topological polar surface area (TPSA) is 108 Å². The third kappa shape index (κ3) is 2.06. The van der Waals surface area contributed by atoms with E-state index in [4.69, 9.17) is 5.53 Å². The lowest BCUT2D eigenvalue weighted by atomic mass is 10.1. The van der Waals surface area contributed by atoms with Crippen molar-refractivity contribution in [3.05, 3.63) is 23.1 Å². The lowest BCUT2D eigenvalue weighted by Crippen LogP contribution is -2.26. The SMILES string of the molecule is [N-]=[N+]=NCC1CC(=O)N(c2ncncn2)C1. The highest BCUT2D eigenvalue weighted by molar-refractivity contribution is 5.93. The normalized spacial score (nSPS) is 19.6. The molecule has 8 heteroatoms. The van der Waals surface area contributed by atoms with E-state index in [0.717, 1.165) is 0 Å². The minimum absolute atomic E-state index is 0.0418. The van der Waals surface area contributed by atoms with Crippen molar-refractivity contribution in [2.24, 2.45) is 11.0 Å². The number of anilines is 1. The van der Waals surface area contributed by atoms with Gasteiger partial charge < -0.3 is 0 Å². The molecule has 0 radical (unpaired) electrons. The molecule has 8 nitrogen and oxygen atoms in total. The Balaban J connectivity index is 2.08. The van der Waals surface area contributed by atoms with Crippen molar-refractivity contribution in [2.75, 3.05) is 18.0 Å². The maximum absolute atomic E-state index is 11.6. The molecule has 0 aliphatic carbocycles. The molecule has 0 bridgehead atoms. The summed E-state index contributed by atoms with van der Waals surface area (Å²) in [4.78, 5) is 27.3. The van der Waals surface area contributed by atoms with Gasteiger partial charge in [0.1, 0.15) is 12.7 Å². The average Bonchev–Trinajstić information content (AvgIpc) is 2.69. The number of carbonyl (C=O) groups excluding carboxylic acids is 1. The molecular formula is C8H9N7O. The zero-order valence-corrected chi connectivity index (χ0v) is 8.39. The first-order valence-corrected chi connectivity index (χ1v) is 4.74. The van der Waals surface area contributed by atoms with Crippen LogP contribution in [0.25, 0.3) is 10.4 Å². The molecule has 0 saturated carbocycles. The van der Waals surface area contributed by atoms with Crippen LogP contribution in [0.15, 0.2) is 17.8 Å². The summed E-state index contributed by atoms with van der Waals surface area (Å²) in [6.07, 6.45) is 3.05. The molecule has 1 amide bonds. The van der Waals surface area contributed by atoms with E-state index in [1.54, 1.807) is 0 Å². The van der Waals surface area contributed by atoms with Crippen molar-refractivity contribution in [1.82, 2.24) is 15.0 Å². The summed E-state index contributed by atoms with van der Waals surface area (Å²) in [6, 6.07) is 0. The van der Waals surface area contributed by atoms with Crippen LogP contribution in [0.4, 0.5) is 5.95 Å². The third-order valence-corrected chi connectivity index (χ3v) is 2.33. The van der Waals surface area contributed by atoms with Gasteiger partial charge in [0.25, 0.3) is 0 Å². The number of amides is 1. The molecule has 0 N–H and O–H groups in total. The predicted octanol–water partition coefficient (Wildman–Crippen LogP) is 0.535. The maximum atomic E-state index is 11.6. The Hall–Kier alpha value is -2.21. The lowest BCUT2D eigenvalue weighted by Gasteiger charge is -2.12. The quantitative estimate of drug-likeness (QED) is 0.419. The van der Waals surface area contributed by atoms with Crippen LogP contribution in [0.5, 0.6) is 0 Å². The Bertz CT molecular complexity index is 427. The second-order valence-electron chi connectivity index (χ2n) is 3.43. The van der Waals surface area contributed by atoms with Crippen LogP contribution in [0.3, 0.4) is 0 Å². The molecule has 0 aromatic carbocycles. The number of aromatic nitrogens is 3. The highest BCUT2D eigenvalue weighted by atomic mass is 16.2. The smallest absolute Gasteiger partial charge is 0.235 e. The molecule has 16 heavy (non-hydrogen) atoms. The van der Waals surface area contributed by atoms with Crippen LogP contribution in [-0.2, 0) is 4.79 Å². The summed E-state index contributed by atoms with van der Waals surface area (Å²) in [5, 5.41) is 3.46. The number of rotatable bonds is 3. The standard InChI is InChI=1S/C8H9N7O/c9-14-13-2-6-1-7(16)15(3-6)8-11-4-10-5-12-8/h4-6H,1-3H2. The minimum Gasteiger partial charge on any atom is -0.280 e. The summed E-state index contributed by atoms with van der Waals surface area (Å²) in [6.45, 7) is 0.811. The lowest BCUT2D eigenvalue weighted by molar-refractivity contribution is -0.117. The summed E-state index contributed by atoms with van der Waals surface area (Å²) >= 11 is 0. The third-order valence-electron chi connectivity index (χ3n) is 2.33. The molecule has 2 rings (SSSR count). The Labute approximate surface area is 91.0 Å². The van der Waals surface area contributed by atoms with Crippen molar-refractivity contribution < 1.29 is 4.79 Å². The summed E-state index contributed by atoms with van der Waals surface area (Å²) in [5.74, 6) is 0.341. The first kappa shape index (κ1) is 10.3. The summed E-state index contributed by atoms with van der Waals surface area (Å²) in [7, 11) is 0. The van der Waals surface area contributed by atoms with Crippen LogP contribution < -0.4 is 4.90 Å². The van der Waals surface area contributed by atoms with Crippen LogP contribution in [0, 0.1) is 5.92 Å². The van der Waals surface area contributed by atoms with Gasteiger partial charge >= 0.3 is 0 Å². The molecule has 1 aliphatic heterocycles. The molecule has 1 fully saturated rings.